The van der Waals surface area contributed by atoms with Gasteiger partial charge in [0.05, 0.1) is 0 Å². The largest absolute Gasteiger partial charge is 0.489 e. The third-order valence-corrected chi connectivity index (χ3v) is 6.41. The van der Waals surface area contributed by atoms with Gasteiger partial charge in [0, 0.05) is 13.0 Å². The van der Waals surface area contributed by atoms with Gasteiger partial charge in [0.2, 0.25) is 0 Å². The molecule has 1 unspecified atom stereocenters. The Kier molecular flexibility index (Phi) is 9.82. The van der Waals surface area contributed by atoms with Crippen molar-refractivity contribution in [1.29, 1.82) is 0 Å². The van der Waals surface area contributed by atoms with Crippen molar-refractivity contribution in [2.75, 3.05) is 13.1 Å². The third kappa shape index (κ3) is 7.74. The summed E-state index contributed by atoms with van der Waals surface area (Å²) < 4.78 is 11.0. The van der Waals surface area contributed by atoms with Crippen LogP contribution in [-0.2, 0) is 31.3 Å². The highest BCUT2D eigenvalue weighted by Crippen LogP contribution is 2.35. The van der Waals surface area contributed by atoms with Crippen molar-refractivity contribution in [1.82, 2.24) is 26.0 Å². The van der Waals surface area contributed by atoms with Gasteiger partial charge in [-0.05, 0) is 63.1 Å². The number of hydrogen-bond acceptors (Lipinski definition) is 8. The predicted molar refractivity (Wildman–Crippen MR) is 145 cm³/mol. The van der Waals surface area contributed by atoms with Gasteiger partial charge < -0.3 is 25.0 Å². The smallest absolute Gasteiger partial charge is 0.325 e. The van der Waals surface area contributed by atoms with Crippen LogP contribution in [0.15, 0.2) is 36.4 Å². The number of ether oxygens (including phenoxy) is 2. The molecule has 40 heavy (non-hydrogen) atoms. The maximum Gasteiger partial charge on any atom is 0.325 e. The Morgan fingerprint density at radius 2 is 1.77 bits per heavy atom. The fourth-order valence-electron chi connectivity index (χ4n) is 4.17. The summed E-state index contributed by atoms with van der Waals surface area (Å²) in [6.45, 7) is 6.39. The highest BCUT2D eigenvalue weighted by molar-refractivity contribution is 6.32. The van der Waals surface area contributed by atoms with Crippen molar-refractivity contribution in [2.45, 2.75) is 57.9 Å². The number of amides is 4. The van der Waals surface area contributed by atoms with Crippen molar-refractivity contribution in [3.8, 4) is 5.75 Å². The van der Waals surface area contributed by atoms with Crippen molar-refractivity contribution in [3.63, 3.8) is 0 Å². The van der Waals surface area contributed by atoms with Gasteiger partial charge in [-0.2, -0.15) is 0 Å². The molecule has 2 heterocycles. The van der Waals surface area contributed by atoms with Crippen LogP contribution in [-0.4, -0.2) is 63.6 Å². The first-order valence-corrected chi connectivity index (χ1v) is 13.1. The van der Waals surface area contributed by atoms with E-state index < -0.39 is 47.5 Å². The second-order valence-electron chi connectivity index (χ2n) is 10.1. The Bertz CT molecular complexity index is 1250. The van der Waals surface area contributed by atoms with Crippen LogP contribution < -0.4 is 20.9 Å². The van der Waals surface area contributed by atoms with Crippen LogP contribution in [0, 0.1) is 0 Å². The molecule has 1 aliphatic rings. The van der Waals surface area contributed by atoms with E-state index in [4.69, 9.17) is 37.9 Å². The van der Waals surface area contributed by atoms with E-state index in [1.807, 2.05) is 0 Å². The quantitative estimate of drug-likeness (QED) is 0.149. The molecule has 1 saturated heterocycles. The van der Waals surface area contributed by atoms with E-state index in [0.717, 1.165) is 0 Å². The van der Waals surface area contributed by atoms with Crippen LogP contribution in [0.3, 0.4) is 0 Å². The summed E-state index contributed by atoms with van der Waals surface area (Å²) in [6.07, 6.45) is 0.114. The van der Waals surface area contributed by atoms with Crippen molar-refractivity contribution in [3.05, 3.63) is 57.8 Å². The number of hydroxylamine groups is 1. The van der Waals surface area contributed by atoms with E-state index in [0.29, 0.717) is 16.9 Å². The van der Waals surface area contributed by atoms with Crippen LogP contribution in [0.1, 0.15) is 45.2 Å². The molecule has 0 radical (unpaired) electrons. The van der Waals surface area contributed by atoms with Crippen LogP contribution in [0.25, 0.3) is 0 Å². The van der Waals surface area contributed by atoms with Gasteiger partial charge in [-0.1, -0.05) is 35.3 Å². The number of aromatic nitrogens is 1. The Balaban J connectivity index is 1.80. The number of pyridine rings is 1. The number of likely N-dealkylation sites (tertiary alicyclic amines) is 1. The molecule has 1 aromatic carbocycles. The number of hydrogen-bond donors (Lipinski definition) is 4. The average molecular weight is 596 g/mol. The minimum Gasteiger partial charge on any atom is -0.489 e. The Morgan fingerprint density at radius 3 is 2.35 bits per heavy atom. The summed E-state index contributed by atoms with van der Waals surface area (Å²) in [5.41, 5.74) is 0.368. The van der Waals surface area contributed by atoms with Crippen molar-refractivity contribution < 1.29 is 33.9 Å². The Labute approximate surface area is 241 Å². The number of urea groups is 1. The monoisotopic (exact) mass is 595 g/mol. The van der Waals surface area contributed by atoms with E-state index in [1.165, 1.54) is 11.8 Å². The van der Waals surface area contributed by atoms with Gasteiger partial charge in [-0.15, -0.1) is 0 Å². The fraction of sp³-hybridized carbons (Fsp3) is 0.423. The summed E-state index contributed by atoms with van der Waals surface area (Å²) in [6, 6.07) is 7.93. The Hall–Kier alpha value is -3.61. The third-order valence-electron chi connectivity index (χ3n) is 6.03. The summed E-state index contributed by atoms with van der Waals surface area (Å²) in [5, 5.41) is 14.6. The molecule has 1 fully saturated rings. The van der Waals surface area contributed by atoms with E-state index in [2.05, 4.69) is 15.6 Å². The molecular weight excluding hydrogens is 565 g/mol. The molecule has 0 saturated carbocycles. The molecule has 2 atom stereocenters. The SMILES string of the molecule is C[C@H](C(=O)NO)N1CCC(NC(=O)NCC(=O)OC(C)(C)C)(c2ccc(OCc3cc(Cl)nc(Cl)c3)cc2)C1=O. The number of carbonyl (C=O) groups excluding carboxylic acids is 4. The lowest BCUT2D eigenvalue weighted by Crippen LogP contribution is -2.56. The second kappa shape index (κ2) is 12.7. The molecule has 1 aromatic heterocycles. The maximum atomic E-state index is 13.7. The van der Waals surface area contributed by atoms with Crippen LogP contribution >= 0.6 is 23.2 Å². The lowest BCUT2D eigenvalue weighted by atomic mass is 9.88. The lowest BCUT2D eigenvalue weighted by molar-refractivity contribution is -0.153. The van der Waals surface area contributed by atoms with Gasteiger partial charge in [-0.3, -0.25) is 19.6 Å². The van der Waals surface area contributed by atoms with Gasteiger partial charge >= 0.3 is 12.0 Å². The van der Waals surface area contributed by atoms with E-state index in [-0.39, 0.29) is 29.9 Å². The van der Waals surface area contributed by atoms with Crippen LogP contribution in [0.4, 0.5) is 4.79 Å². The van der Waals surface area contributed by atoms with E-state index in [1.54, 1.807) is 62.6 Å². The van der Waals surface area contributed by atoms with E-state index >= 15 is 0 Å². The maximum absolute atomic E-state index is 13.7. The zero-order valence-electron chi connectivity index (χ0n) is 22.4. The summed E-state index contributed by atoms with van der Waals surface area (Å²) >= 11 is 11.9. The van der Waals surface area contributed by atoms with Gasteiger partial charge in [0.25, 0.3) is 11.8 Å². The predicted octanol–water partition coefficient (Wildman–Crippen LogP) is 2.93. The molecule has 4 amide bonds. The number of benzene rings is 1. The molecule has 4 N–H and O–H groups in total. The molecule has 14 heteroatoms. The number of halogens is 2. The Morgan fingerprint density at radius 1 is 1.15 bits per heavy atom. The highest BCUT2D eigenvalue weighted by Gasteiger charge is 2.51. The first kappa shape index (κ1) is 30.9. The summed E-state index contributed by atoms with van der Waals surface area (Å²) in [7, 11) is 0. The van der Waals surface area contributed by atoms with Crippen LogP contribution in [0.5, 0.6) is 5.75 Å². The minimum absolute atomic E-state index is 0.113. The number of nitrogens with one attached hydrogen (secondary N) is 3. The zero-order valence-corrected chi connectivity index (χ0v) is 23.9. The first-order valence-electron chi connectivity index (χ1n) is 12.3. The topological polar surface area (TPSA) is 159 Å². The highest BCUT2D eigenvalue weighted by atomic mass is 35.5. The van der Waals surface area contributed by atoms with Crippen molar-refractivity contribution in [2.24, 2.45) is 0 Å². The molecular formula is C26H31Cl2N5O7. The second-order valence-corrected chi connectivity index (χ2v) is 10.9. The van der Waals surface area contributed by atoms with Crippen LogP contribution in [0.2, 0.25) is 10.3 Å². The molecule has 0 spiro atoms. The zero-order chi connectivity index (χ0) is 29.7. The standard InChI is InChI=1S/C26H31Cl2N5O7/c1-15(22(35)32-38)33-10-9-26(23(33)36,31-24(37)29-13-21(34)40-25(2,3)4)17-5-7-18(8-6-17)39-14-16-11-19(27)30-20(28)12-16/h5-8,11-12,15,38H,9-10,13-14H2,1-4H3,(H,32,35)(H2,29,31,37)/t15-,26?/m1/s1. The fourth-order valence-corrected chi connectivity index (χ4v) is 4.68. The number of rotatable bonds is 9. The van der Waals surface area contributed by atoms with Gasteiger partial charge in [0.1, 0.15) is 46.4 Å². The molecule has 216 valence electrons. The number of esters is 1. The molecule has 0 aliphatic carbocycles. The molecule has 0 bridgehead atoms. The number of carbonyl (C=O) groups is 4. The lowest BCUT2D eigenvalue weighted by Gasteiger charge is -2.31. The summed E-state index contributed by atoms with van der Waals surface area (Å²) in [4.78, 5) is 55.8. The normalized spacial score (nSPS) is 17.7. The van der Waals surface area contributed by atoms with E-state index in [9.17, 15) is 19.2 Å². The van der Waals surface area contributed by atoms with Crippen molar-refractivity contribution >= 4 is 47.0 Å². The van der Waals surface area contributed by atoms with Gasteiger partial charge in [0.15, 0.2) is 0 Å². The summed E-state index contributed by atoms with van der Waals surface area (Å²) in [5.74, 6) is -1.53. The molecule has 12 nitrogen and oxygen atoms in total. The average Bonchev–Trinajstić information content (AvgIpc) is 3.20. The first-order chi connectivity index (χ1) is 18.7. The molecule has 2 aromatic rings. The minimum atomic E-state index is -1.56. The number of nitrogens with zero attached hydrogens (tertiary/aromatic N) is 2. The molecule has 1 aliphatic heterocycles. The van der Waals surface area contributed by atoms with Gasteiger partial charge in [-0.25, -0.2) is 15.3 Å². The molecule has 3 rings (SSSR count).